The number of nitrogens with two attached hydrogens (primary N) is 2. The molecule has 120 valence electrons. The standard InChI is InChI=1S/C16H15N5.2ClH/c17-15(18)13-11-8-4-5-9-12(11)21(16(19)20)14(13)10-6-2-1-3-7-10;;/h1-9H,(H3,17,18)(H3,19,20);2*1H. The Morgan fingerprint density at radius 3 is 1.96 bits per heavy atom. The van der Waals surface area contributed by atoms with Gasteiger partial charge in [0.2, 0.25) is 0 Å². The number of hydrogen-bond acceptors (Lipinski definition) is 2. The van der Waals surface area contributed by atoms with Gasteiger partial charge in [0.15, 0.2) is 5.96 Å². The smallest absolute Gasteiger partial charge is 0.197 e. The van der Waals surface area contributed by atoms with Crippen molar-refractivity contribution < 1.29 is 0 Å². The summed E-state index contributed by atoms with van der Waals surface area (Å²) in [6, 6.07) is 17.1. The second-order valence-electron chi connectivity index (χ2n) is 4.74. The van der Waals surface area contributed by atoms with Gasteiger partial charge in [-0.05, 0) is 11.6 Å². The van der Waals surface area contributed by atoms with Gasteiger partial charge < -0.3 is 11.5 Å². The second kappa shape index (κ2) is 7.17. The van der Waals surface area contributed by atoms with E-state index in [2.05, 4.69) is 0 Å². The predicted molar refractivity (Wildman–Crippen MR) is 100 cm³/mol. The third-order valence-corrected chi connectivity index (χ3v) is 3.43. The second-order valence-corrected chi connectivity index (χ2v) is 4.74. The summed E-state index contributed by atoms with van der Waals surface area (Å²) in [5, 5.41) is 16.6. The molecule has 0 spiro atoms. The summed E-state index contributed by atoms with van der Waals surface area (Å²) >= 11 is 0. The topological polar surface area (TPSA) is 105 Å². The zero-order valence-electron chi connectivity index (χ0n) is 12.1. The molecule has 0 aliphatic carbocycles. The number of nitrogens with one attached hydrogen (secondary N) is 2. The molecule has 0 amide bonds. The van der Waals surface area contributed by atoms with E-state index in [-0.39, 0.29) is 36.6 Å². The summed E-state index contributed by atoms with van der Waals surface area (Å²) in [6.45, 7) is 0. The lowest BCUT2D eigenvalue weighted by molar-refractivity contribution is 1.15. The highest BCUT2D eigenvalue weighted by Crippen LogP contribution is 2.33. The molecule has 0 unspecified atom stereocenters. The third kappa shape index (κ3) is 3.02. The van der Waals surface area contributed by atoms with Crippen molar-refractivity contribution >= 4 is 47.5 Å². The van der Waals surface area contributed by atoms with Gasteiger partial charge in [0.1, 0.15) is 5.84 Å². The van der Waals surface area contributed by atoms with Gasteiger partial charge >= 0.3 is 0 Å². The quantitative estimate of drug-likeness (QED) is 0.421. The molecule has 0 aliphatic heterocycles. The Kier molecular flexibility index (Phi) is 5.79. The van der Waals surface area contributed by atoms with Crippen LogP contribution >= 0.6 is 24.8 Å². The Bertz CT molecular complexity index is 805. The number of benzene rings is 2. The van der Waals surface area contributed by atoms with Crippen molar-refractivity contribution in [3.8, 4) is 11.3 Å². The Balaban J connectivity index is 0.00000132. The van der Waals surface area contributed by atoms with E-state index < -0.39 is 0 Å². The van der Waals surface area contributed by atoms with E-state index in [0.717, 1.165) is 16.5 Å². The van der Waals surface area contributed by atoms with Crippen molar-refractivity contribution in [3.05, 3.63) is 60.2 Å². The summed E-state index contributed by atoms with van der Waals surface area (Å²) in [5.41, 5.74) is 14.5. The maximum atomic E-state index is 7.92. The van der Waals surface area contributed by atoms with Gasteiger partial charge in [-0.2, -0.15) is 0 Å². The van der Waals surface area contributed by atoms with Gasteiger partial charge in [-0.15, -0.1) is 24.8 Å². The van der Waals surface area contributed by atoms with E-state index in [1.54, 1.807) is 4.57 Å². The molecule has 0 saturated carbocycles. The number of aromatic nitrogens is 1. The maximum absolute atomic E-state index is 7.92. The first-order valence-electron chi connectivity index (χ1n) is 6.49. The Hall–Kier alpha value is -2.50. The fraction of sp³-hybridized carbons (Fsp3) is 0. The van der Waals surface area contributed by atoms with Crippen LogP contribution in [0.25, 0.3) is 22.2 Å². The molecule has 0 aliphatic rings. The van der Waals surface area contributed by atoms with E-state index in [0.29, 0.717) is 11.3 Å². The summed E-state index contributed by atoms with van der Waals surface area (Å²) in [4.78, 5) is 0. The van der Waals surface area contributed by atoms with E-state index in [1.807, 2.05) is 54.6 Å². The SMILES string of the molecule is Cl.Cl.N=C(N)c1c(-c2ccccc2)n(C(=N)N)c2ccccc12. The Morgan fingerprint density at radius 1 is 0.826 bits per heavy atom. The molecule has 0 atom stereocenters. The van der Waals surface area contributed by atoms with Gasteiger partial charge in [0.05, 0.1) is 16.8 Å². The van der Waals surface area contributed by atoms with Gasteiger partial charge in [0.25, 0.3) is 0 Å². The van der Waals surface area contributed by atoms with Crippen LogP contribution in [0.1, 0.15) is 5.56 Å². The number of amidine groups is 1. The number of nitrogen functional groups attached to an aromatic ring is 2. The number of hydrogen-bond donors (Lipinski definition) is 4. The first kappa shape index (κ1) is 18.5. The van der Waals surface area contributed by atoms with Crippen molar-refractivity contribution in [2.24, 2.45) is 11.5 Å². The monoisotopic (exact) mass is 349 g/mol. The minimum Gasteiger partial charge on any atom is -0.384 e. The molecule has 1 heterocycles. The van der Waals surface area contributed by atoms with Gasteiger partial charge in [-0.3, -0.25) is 15.4 Å². The minimum atomic E-state index is -0.0995. The zero-order chi connectivity index (χ0) is 15.0. The zero-order valence-corrected chi connectivity index (χ0v) is 13.7. The van der Waals surface area contributed by atoms with Gasteiger partial charge in [0, 0.05) is 5.39 Å². The van der Waals surface area contributed by atoms with Crippen molar-refractivity contribution in [2.45, 2.75) is 0 Å². The van der Waals surface area contributed by atoms with E-state index in [9.17, 15) is 0 Å². The summed E-state index contributed by atoms with van der Waals surface area (Å²) in [5.74, 6) is -0.136. The molecule has 0 radical (unpaired) electrons. The van der Waals surface area contributed by atoms with Crippen LogP contribution in [0.5, 0.6) is 0 Å². The molecule has 5 nitrogen and oxygen atoms in total. The minimum absolute atomic E-state index is 0. The summed E-state index contributed by atoms with van der Waals surface area (Å²) < 4.78 is 1.63. The van der Waals surface area contributed by atoms with Crippen LogP contribution in [0.15, 0.2) is 54.6 Å². The number of rotatable bonds is 2. The van der Waals surface area contributed by atoms with Crippen LogP contribution in [0, 0.1) is 10.8 Å². The largest absolute Gasteiger partial charge is 0.384 e. The number of nitrogens with zero attached hydrogens (tertiary/aromatic N) is 1. The molecule has 0 bridgehead atoms. The first-order valence-corrected chi connectivity index (χ1v) is 6.49. The van der Waals surface area contributed by atoms with Crippen molar-refractivity contribution in [1.29, 1.82) is 10.8 Å². The summed E-state index contributed by atoms with van der Waals surface area (Å²) in [7, 11) is 0. The highest BCUT2D eigenvalue weighted by atomic mass is 35.5. The lowest BCUT2D eigenvalue weighted by Crippen LogP contribution is -2.22. The Labute approximate surface area is 146 Å². The fourth-order valence-corrected chi connectivity index (χ4v) is 2.63. The average molecular weight is 350 g/mol. The molecular weight excluding hydrogens is 333 g/mol. The maximum Gasteiger partial charge on any atom is 0.197 e. The fourth-order valence-electron chi connectivity index (χ4n) is 2.63. The normalized spacial score (nSPS) is 9.74. The first-order chi connectivity index (χ1) is 10.1. The number of para-hydroxylation sites is 1. The van der Waals surface area contributed by atoms with Crippen molar-refractivity contribution in [3.63, 3.8) is 0 Å². The predicted octanol–water partition coefficient (Wildman–Crippen LogP) is 3.18. The molecule has 3 aromatic rings. The van der Waals surface area contributed by atoms with E-state index in [4.69, 9.17) is 22.3 Å². The van der Waals surface area contributed by atoms with Gasteiger partial charge in [-0.1, -0.05) is 48.5 Å². The lowest BCUT2D eigenvalue weighted by Gasteiger charge is -2.10. The molecule has 7 heteroatoms. The highest BCUT2D eigenvalue weighted by molar-refractivity contribution is 6.15. The molecule has 23 heavy (non-hydrogen) atoms. The van der Waals surface area contributed by atoms with Crippen LogP contribution in [-0.2, 0) is 0 Å². The summed E-state index contributed by atoms with van der Waals surface area (Å²) in [6.07, 6.45) is 0. The van der Waals surface area contributed by atoms with Gasteiger partial charge in [-0.25, -0.2) is 0 Å². The number of halogens is 2. The highest BCUT2D eigenvalue weighted by Gasteiger charge is 2.21. The molecule has 2 aromatic carbocycles. The molecule has 3 rings (SSSR count). The molecule has 0 fully saturated rings. The van der Waals surface area contributed by atoms with Crippen LogP contribution in [-0.4, -0.2) is 16.4 Å². The van der Waals surface area contributed by atoms with E-state index >= 15 is 0 Å². The Morgan fingerprint density at radius 2 is 1.39 bits per heavy atom. The molecular formula is C16H17Cl2N5. The lowest BCUT2D eigenvalue weighted by atomic mass is 10.0. The molecule has 1 aromatic heterocycles. The van der Waals surface area contributed by atoms with Crippen molar-refractivity contribution in [2.75, 3.05) is 0 Å². The number of fused-ring (bicyclic) bond motifs is 1. The third-order valence-electron chi connectivity index (χ3n) is 3.43. The van der Waals surface area contributed by atoms with Crippen LogP contribution in [0.3, 0.4) is 0 Å². The molecule has 0 saturated heterocycles. The van der Waals surface area contributed by atoms with Crippen LogP contribution in [0.2, 0.25) is 0 Å². The van der Waals surface area contributed by atoms with Crippen LogP contribution in [0.4, 0.5) is 0 Å². The molecule has 6 N–H and O–H groups in total. The van der Waals surface area contributed by atoms with Crippen LogP contribution < -0.4 is 11.5 Å². The van der Waals surface area contributed by atoms with Crippen molar-refractivity contribution in [1.82, 2.24) is 4.57 Å². The van der Waals surface area contributed by atoms with E-state index in [1.165, 1.54) is 0 Å². The average Bonchev–Trinajstić information content (AvgIpc) is 2.83.